The summed E-state index contributed by atoms with van der Waals surface area (Å²) >= 11 is 0. The molecule has 90 valence electrons. The van der Waals surface area contributed by atoms with Gasteiger partial charge in [-0.25, -0.2) is 0 Å². The summed E-state index contributed by atoms with van der Waals surface area (Å²) in [6, 6.07) is 0. The van der Waals surface area contributed by atoms with Gasteiger partial charge in [-0.3, -0.25) is 9.59 Å². The molecule has 4 heteroatoms. The van der Waals surface area contributed by atoms with Crippen LogP contribution >= 0.6 is 0 Å². The lowest BCUT2D eigenvalue weighted by Gasteiger charge is -2.31. The van der Waals surface area contributed by atoms with Crippen molar-refractivity contribution < 1.29 is 14.7 Å². The fraction of sp³-hybridized carbons (Fsp3) is 0.833. The molecule has 0 bridgehead atoms. The number of aliphatic carboxylic acids is 1. The second-order valence-electron chi connectivity index (χ2n) is 4.96. The van der Waals surface area contributed by atoms with Crippen molar-refractivity contribution in [3.63, 3.8) is 0 Å². The second kappa shape index (κ2) is 4.44. The van der Waals surface area contributed by atoms with E-state index in [1.807, 2.05) is 4.90 Å². The lowest BCUT2D eigenvalue weighted by Crippen LogP contribution is -2.39. The van der Waals surface area contributed by atoms with Crippen molar-refractivity contribution in [2.24, 2.45) is 17.8 Å². The molecule has 16 heavy (non-hydrogen) atoms. The molecule has 4 nitrogen and oxygen atoms in total. The van der Waals surface area contributed by atoms with Crippen LogP contribution in [0.15, 0.2) is 0 Å². The molecule has 2 atom stereocenters. The zero-order valence-electron chi connectivity index (χ0n) is 9.69. The topological polar surface area (TPSA) is 57.6 Å². The molecule has 0 aromatic rings. The highest BCUT2D eigenvalue weighted by atomic mass is 16.4. The first-order valence-corrected chi connectivity index (χ1v) is 6.15. The average Bonchev–Trinajstić information content (AvgIpc) is 3.08. The monoisotopic (exact) mass is 225 g/mol. The minimum Gasteiger partial charge on any atom is -0.481 e. The molecule has 1 aliphatic carbocycles. The Morgan fingerprint density at radius 1 is 1.25 bits per heavy atom. The molecule has 1 aliphatic heterocycles. The maximum Gasteiger partial charge on any atom is 0.307 e. The summed E-state index contributed by atoms with van der Waals surface area (Å²) in [7, 11) is 0. The van der Waals surface area contributed by atoms with E-state index in [0.717, 1.165) is 31.8 Å². The van der Waals surface area contributed by atoms with E-state index in [1.54, 1.807) is 0 Å². The summed E-state index contributed by atoms with van der Waals surface area (Å²) in [5.74, 6) is -0.630. The Morgan fingerprint density at radius 3 is 2.31 bits per heavy atom. The van der Waals surface area contributed by atoms with Crippen LogP contribution < -0.4 is 0 Å². The molecule has 0 unspecified atom stereocenters. The first-order valence-electron chi connectivity index (χ1n) is 6.15. The zero-order chi connectivity index (χ0) is 11.7. The number of rotatable bonds is 3. The highest BCUT2D eigenvalue weighted by molar-refractivity contribution is 5.89. The Balaban J connectivity index is 1.82. The molecule has 1 saturated carbocycles. The molecular weight excluding hydrogens is 206 g/mol. The third kappa shape index (κ3) is 2.20. The van der Waals surface area contributed by atoms with E-state index in [0.29, 0.717) is 6.42 Å². The average molecular weight is 225 g/mol. The van der Waals surface area contributed by atoms with Crippen LogP contribution in [0.5, 0.6) is 0 Å². The van der Waals surface area contributed by atoms with Gasteiger partial charge >= 0.3 is 5.97 Å². The smallest absolute Gasteiger partial charge is 0.307 e. The SMILES string of the molecule is CCC1CCN(C(=O)[C@@H]2C[C@@H]2C(=O)O)CC1. The molecule has 1 saturated heterocycles. The Labute approximate surface area is 95.6 Å². The molecule has 1 N–H and O–H groups in total. The first-order chi connectivity index (χ1) is 7.63. The summed E-state index contributed by atoms with van der Waals surface area (Å²) in [6.45, 7) is 3.82. The third-order valence-electron chi connectivity index (χ3n) is 3.93. The molecule has 1 heterocycles. The standard InChI is InChI=1S/C12H19NO3/c1-2-8-3-5-13(6-4-8)11(14)9-7-10(9)12(15)16/h8-10H,2-7H2,1H3,(H,15,16)/t9-,10+/m1/s1. The fourth-order valence-corrected chi connectivity index (χ4v) is 2.54. The Bertz CT molecular complexity index is 295. The number of carbonyl (C=O) groups is 2. The molecule has 1 amide bonds. The Hall–Kier alpha value is -1.06. The van der Waals surface area contributed by atoms with Gasteiger partial charge in [0.05, 0.1) is 11.8 Å². The molecule has 2 aliphatic rings. The van der Waals surface area contributed by atoms with E-state index in [1.165, 1.54) is 6.42 Å². The van der Waals surface area contributed by atoms with Crippen LogP contribution in [0.1, 0.15) is 32.6 Å². The number of hydrogen-bond acceptors (Lipinski definition) is 2. The highest BCUT2D eigenvalue weighted by Gasteiger charge is 2.49. The van der Waals surface area contributed by atoms with Crippen molar-refractivity contribution in [3.8, 4) is 0 Å². The van der Waals surface area contributed by atoms with Gasteiger partial charge in [0.25, 0.3) is 0 Å². The molecular formula is C12H19NO3. The molecule has 2 fully saturated rings. The van der Waals surface area contributed by atoms with E-state index in [9.17, 15) is 9.59 Å². The molecule has 0 radical (unpaired) electrons. The van der Waals surface area contributed by atoms with Crippen LogP contribution in [0, 0.1) is 17.8 Å². The zero-order valence-corrected chi connectivity index (χ0v) is 9.69. The minimum atomic E-state index is -0.818. The number of carboxylic acid groups (broad SMARTS) is 1. The summed E-state index contributed by atoms with van der Waals surface area (Å²) in [5, 5.41) is 8.78. The summed E-state index contributed by atoms with van der Waals surface area (Å²) in [5.41, 5.74) is 0. The van der Waals surface area contributed by atoms with Gasteiger partial charge < -0.3 is 10.0 Å². The number of nitrogens with zero attached hydrogens (tertiary/aromatic N) is 1. The van der Waals surface area contributed by atoms with Crippen molar-refractivity contribution in [1.82, 2.24) is 4.90 Å². The molecule has 0 aromatic carbocycles. The van der Waals surface area contributed by atoms with E-state index in [2.05, 4.69) is 6.92 Å². The number of hydrogen-bond donors (Lipinski definition) is 1. The Kier molecular flexibility index (Phi) is 3.17. The Morgan fingerprint density at radius 2 is 1.88 bits per heavy atom. The van der Waals surface area contributed by atoms with Gasteiger partial charge in [-0.15, -0.1) is 0 Å². The van der Waals surface area contributed by atoms with E-state index in [-0.39, 0.29) is 11.8 Å². The van der Waals surface area contributed by atoms with Crippen LogP contribution in [0.25, 0.3) is 0 Å². The van der Waals surface area contributed by atoms with Crippen molar-refractivity contribution in [2.45, 2.75) is 32.6 Å². The number of carboxylic acids is 1. The minimum absolute atomic E-state index is 0.0713. The van der Waals surface area contributed by atoms with Gasteiger partial charge in [0.15, 0.2) is 0 Å². The van der Waals surface area contributed by atoms with E-state index >= 15 is 0 Å². The predicted octanol–water partition coefficient (Wildman–Crippen LogP) is 1.36. The van der Waals surface area contributed by atoms with Crippen LogP contribution in [0.2, 0.25) is 0 Å². The van der Waals surface area contributed by atoms with Crippen molar-refractivity contribution in [3.05, 3.63) is 0 Å². The van der Waals surface area contributed by atoms with Crippen molar-refractivity contribution >= 4 is 11.9 Å². The van der Waals surface area contributed by atoms with Crippen LogP contribution in [0.3, 0.4) is 0 Å². The van der Waals surface area contributed by atoms with Gasteiger partial charge in [0.1, 0.15) is 0 Å². The number of amides is 1. The second-order valence-corrected chi connectivity index (χ2v) is 4.96. The maximum absolute atomic E-state index is 11.9. The van der Waals surface area contributed by atoms with Crippen molar-refractivity contribution in [2.75, 3.05) is 13.1 Å². The van der Waals surface area contributed by atoms with Crippen LogP contribution in [-0.2, 0) is 9.59 Å². The summed E-state index contributed by atoms with van der Waals surface area (Å²) in [4.78, 5) is 24.5. The number of likely N-dealkylation sites (tertiary alicyclic amines) is 1. The molecule has 0 aromatic heterocycles. The first kappa shape index (κ1) is 11.4. The van der Waals surface area contributed by atoms with Gasteiger partial charge in [-0.1, -0.05) is 13.3 Å². The predicted molar refractivity (Wildman–Crippen MR) is 58.8 cm³/mol. The summed E-state index contributed by atoms with van der Waals surface area (Å²) in [6.07, 6.45) is 3.88. The largest absolute Gasteiger partial charge is 0.481 e. The lowest BCUT2D eigenvalue weighted by molar-refractivity contribution is -0.142. The van der Waals surface area contributed by atoms with Crippen LogP contribution in [0.4, 0.5) is 0 Å². The van der Waals surface area contributed by atoms with E-state index < -0.39 is 11.9 Å². The number of piperidine rings is 1. The van der Waals surface area contributed by atoms with Gasteiger partial charge in [0.2, 0.25) is 5.91 Å². The number of carbonyl (C=O) groups excluding carboxylic acids is 1. The molecule has 2 rings (SSSR count). The molecule has 0 spiro atoms. The fourth-order valence-electron chi connectivity index (χ4n) is 2.54. The normalized spacial score (nSPS) is 30.2. The van der Waals surface area contributed by atoms with Gasteiger partial charge in [0, 0.05) is 13.1 Å². The van der Waals surface area contributed by atoms with E-state index in [4.69, 9.17) is 5.11 Å². The maximum atomic E-state index is 11.9. The quantitative estimate of drug-likeness (QED) is 0.789. The van der Waals surface area contributed by atoms with Crippen LogP contribution in [-0.4, -0.2) is 35.0 Å². The third-order valence-corrected chi connectivity index (χ3v) is 3.93. The summed E-state index contributed by atoms with van der Waals surface area (Å²) < 4.78 is 0. The lowest BCUT2D eigenvalue weighted by atomic mass is 9.94. The van der Waals surface area contributed by atoms with Gasteiger partial charge in [-0.2, -0.15) is 0 Å². The highest BCUT2D eigenvalue weighted by Crippen LogP contribution is 2.40. The van der Waals surface area contributed by atoms with Gasteiger partial charge in [-0.05, 0) is 25.2 Å². The van der Waals surface area contributed by atoms with Crippen molar-refractivity contribution in [1.29, 1.82) is 0 Å².